The Kier molecular flexibility index (Phi) is 2.22. The molecular weight excluding hydrogens is 154 g/mol. The maximum absolute atomic E-state index is 11.2. The van der Waals surface area contributed by atoms with Gasteiger partial charge in [-0.1, -0.05) is 0 Å². The molecule has 1 heterocycles. The largest absolute Gasteiger partial charge is 0.455 e. The van der Waals surface area contributed by atoms with Crippen molar-refractivity contribution in [1.29, 1.82) is 0 Å². The summed E-state index contributed by atoms with van der Waals surface area (Å²) in [5.41, 5.74) is -0.0827. The first-order valence-corrected chi connectivity index (χ1v) is 3.80. The van der Waals surface area contributed by atoms with E-state index in [0.29, 0.717) is 5.70 Å². The average molecular weight is 166 g/mol. The normalized spacial score (nSPS) is 15.4. The van der Waals surface area contributed by atoms with Crippen molar-refractivity contribution in [1.82, 2.24) is 5.32 Å². The molecule has 1 aliphatic rings. The van der Waals surface area contributed by atoms with Gasteiger partial charge in [-0.25, -0.2) is 10.1 Å². The minimum atomic E-state index is -0.448. The number of hydrogen-bond acceptors (Lipinski definition) is 2. The molecule has 65 valence electrons. The van der Waals surface area contributed by atoms with Gasteiger partial charge in [0, 0.05) is 6.20 Å². The molecule has 3 heteroatoms. The van der Waals surface area contributed by atoms with Gasteiger partial charge in [0.1, 0.15) is 11.3 Å². The number of hydrogen-bond donors (Lipinski definition) is 0. The summed E-state index contributed by atoms with van der Waals surface area (Å²) < 4.78 is 5.08. The van der Waals surface area contributed by atoms with Crippen LogP contribution < -0.4 is 5.32 Å². The zero-order valence-electron chi connectivity index (χ0n) is 7.50. The second-order valence-corrected chi connectivity index (χ2v) is 3.52. The Morgan fingerprint density at radius 1 is 1.50 bits per heavy atom. The summed E-state index contributed by atoms with van der Waals surface area (Å²) in [6.07, 6.45) is 4.91. The molecule has 0 fully saturated rings. The van der Waals surface area contributed by atoms with Gasteiger partial charge in [0.15, 0.2) is 0 Å². The predicted molar refractivity (Wildman–Crippen MR) is 45.2 cm³/mol. The predicted octanol–water partition coefficient (Wildman–Crippen LogP) is 1.34. The van der Waals surface area contributed by atoms with Gasteiger partial charge in [-0.2, -0.15) is 0 Å². The van der Waals surface area contributed by atoms with Crippen molar-refractivity contribution in [2.75, 3.05) is 0 Å². The van der Waals surface area contributed by atoms with E-state index in [1.54, 1.807) is 18.4 Å². The second kappa shape index (κ2) is 3.01. The third-order valence-electron chi connectivity index (χ3n) is 1.16. The Morgan fingerprint density at radius 2 is 2.17 bits per heavy atom. The highest BCUT2D eigenvalue weighted by Gasteiger charge is 2.20. The van der Waals surface area contributed by atoms with Crippen LogP contribution in [0.1, 0.15) is 20.8 Å². The number of nitrogens with zero attached hydrogens (tertiary/aromatic N) is 1. The van der Waals surface area contributed by atoms with Gasteiger partial charge in [-0.3, -0.25) is 0 Å². The first-order valence-electron chi connectivity index (χ1n) is 3.80. The highest BCUT2D eigenvalue weighted by molar-refractivity contribution is 5.89. The molecule has 0 aromatic rings. The average Bonchev–Trinajstić information content (AvgIpc) is 2.32. The molecule has 0 aromatic carbocycles. The maximum Gasteiger partial charge on any atom is 0.357 e. The summed E-state index contributed by atoms with van der Waals surface area (Å²) >= 11 is 0. The van der Waals surface area contributed by atoms with Gasteiger partial charge in [0.2, 0.25) is 0 Å². The van der Waals surface area contributed by atoms with E-state index in [-0.39, 0.29) is 5.97 Å². The van der Waals surface area contributed by atoms with E-state index in [2.05, 4.69) is 5.32 Å². The smallest absolute Gasteiger partial charge is 0.357 e. The highest BCUT2D eigenvalue weighted by atomic mass is 16.6. The van der Waals surface area contributed by atoms with E-state index < -0.39 is 5.60 Å². The summed E-state index contributed by atoms with van der Waals surface area (Å²) in [4.78, 5) is 11.2. The van der Waals surface area contributed by atoms with E-state index in [0.717, 1.165) is 0 Å². The lowest BCUT2D eigenvalue weighted by Gasteiger charge is -2.19. The number of rotatable bonds is 1. The lowest BCUT2D eigenvalue weighted by Crippen LogP contribution is -2.26. The molecule has 0 bridgehead atoms. The van der Waals surface area contributed by atoms with Crippen molar-refractivity contribution in [3.8, 4) is 0 Å². The van der Waals surface area contributed by atoms with Crippen molar-refractivity contribution in [3.63, 3.8) is 0 Å². The molecule has 1 aliphatic heterocycles. The van der Waals surface area contributed by atoms with Gasteiger partial charge in [-0.15, -0.1) is 0 Å². The SMILES string of the molecule is CC(C)(C)OC(=O)C1=CC=C[N]1. The second-order valence-electron chi connectivity index (χ2n) is 3.52. The molecule has 0 spiro atoms. The van der Waals surface area contributed by atoms with Crippen LogP contribution in [0.25, 0.3) is 0 Å². The Labute approximate surface area is 72.1 Å². The fraction of sp³-hybridized carbons (Fsp3) is 0.444. The van der Waals surface area contributed by atoms with Crippen LogP contribution in [0.5, 0.6) is 0 Å². The van der Waals surface area contributed by atoms with Crippen LogP contribution in [0.2, 0.25) is 0 Å². The summed E-state index contributed by atoms with van der Waals surface area (Å²) in [6, 6.07) is 0. The van der Waals surface area contributed by atoms with Crippen LogP contribution in [0, 0.1) is 0 Å². The summed E-state index contributed by atoms with van der Waals surface area (Å²) in [7, 11) is 0. The first-order chi connectivity index (χ1) is 5.49. The lowest BCUT2D eigenvalue weighted by molar-refractivity contribution is -0.150. The molecule has 0 N–H and O–H groups in total. The third-order valence-corrected chi connectivity index (χ3v) is 1.16. The molecule has 0 aromatic heterocycles. The van der Waals surface area contributed by atoms with Crippen LogP contribution >= 0.6 is 0 Å². The number of carbonyl (C=O) groups is 1. The molecule has 1 radical (unpaired) electrons. The van der Waals surface area contributed by atoms with Crippen molar-refractivity contribution >= 4 is 5.97 Å². The van der Waals surface area contributed by atoms with Gasteiger partial charge in [0.05, 0.1) is 0 Å². The fourth-order valence-electron chi connectivity index (χ4n) is 0.752. The van der Waals surface area contributed by atoms with Gasteiger partial charge >= 0.3 is 5.97 Å². The number of allylic oxidation sites excluding steroid dienone is 2. The monoisotopic (exact) mass is 166 g/mol. The quantitative estimate of drug-likeness (QED) is 0.551. The molecular formula is C9H12NO2. The van der Waals surface area contributed by atoms with Gasteiger partial charge in [0.25, 0.3) is 0 Å². The van der Waals surface area contributed by atoms with E-state index in [4.69, 9.17) is 4.74 Å². The van der Waals surface area contributed by atoms with Gasteiger partial charge in [-0.05, 0) is 32.9 Å². The minimum absolute atomic E-state index is 0.366. The van der Waals surface area contributed by atoms with Gasteiger partial charge < -0.3 is 4.74 Å². The van der Waals surface area contributed by atoms with Crippen molar-refractivity contribution in [2.24, 2.45) is 0 Å². The Morgan fingerprint density at radius 3 is 2.58 bits per heavy atom. The first kappa shape index (κ1) is 8.84. The van der Waals surface area contributed by atoms with Crippen LogP contribution in [0.15, 0.2) is 24.0 Å². The number of carbonyl (C=O) groups excluding carboxylic acids is 1. The number of esters is 1. The topological polar surface area (TPSA) is 40.4 Å². The minimum Gasteiger partial charge on any atom is -0.455 e. The maximum atomic E-state index is 11.2. The summed E-state index contributed by atoms with van der Waals surface area (Å²) in [5.74, 6) is -0.368. The molecule has 0 aliphatic carbocycles. The van der Waals surface area contributed by atoms with E-state index in [9.17, 15) is 4.79 Å². The van der Waals surface area contributed by atoms with Crippen molar-refractivity contribution < 1.29 is 9.53 Å². The highest BCUT2D eigenvalue weighted by Crippen LogP contribution is 2.11. The summed E-state index contributed by atoms with van der Waals surface area (Å²) in [6.45, 7) is 5.48. The molecule has 0 amide bonds. The summed E-state index contributed by atoms with van der Waals surface area (Å²) in [5, 5.41) is 3.83. The van der Waals surface area contributed by atoms with Crippen LogP contribution in [-0.2, 0) is 9.53 Å². The van der Waals surface area contributed by atoms with E-state index >= 15 is 0 Å². The Bertz CT molecular complexity index is 246. The Hall–Kier alpha value is -1.25. The van der Waals surface area contributed by atoms with E-state index in [1.165, 1.54) is 0 Å². The number of ether oxygens (including phenoxy) is 1. The zero-order valence-corrected chi connectivity index (χ0v) is 7.50. The molecule has 0 atom stereocenters. The molecule has 0 saturated heterocycles. The molecule has 0 unspecified atom stereocenters. The molecule has 1 rings (SSSR count). The van der Waals surface area contributed by atoms with Crippen LogP contribution in [-0.4, -0.2) is 11.6 Å². The van der Waals surface area contributed by atoms with Crippen molar-refractivity contribution in [2.45, 2.75) is 26.4 Å². The molecule has 12 heavy (non-hydrogen) atoms. The Balaban J connectivity index is 2.50. The fourth-order valence-corrected chi connectivity index (χ4v) is 0.752. The lowest BCUT2D eigenvalue weighted by atomic mass is 10.2. The zero-order chi connectivity index (χ0) is 9.19. The molecule has 0 saturated carbocycles. The van der Waals surface area contributed by atoms with E-state index in [1.807, 2.05) is 20.8 Å². The van der Waals surface area contributed by atoms with Crippen molar-refractivity contribution in [3.05, 3.63) is 24.0 Å². The third kappa shape index (κ3) is 2.42. The van der Waals surface area contributed by atoms with Crippen LogP contribution in [0.3, 0.4) is 0 Å². The standard InChI is InChI=1S/C9H12NO2/c1-9(2,3)12-8(11)7-5-4-6-10-7/h4-6H,1-3H3. The molecule has 3 nitrogen and oxygen atoms in total. The van der Waals surface area contributed by atoms with Crippen LogP contribution in [0.4, 0.5) is 0 Å².